The molecule has 0 rings (SSSR count). The number of ether oxygens (including phenoxy) is 1. The molecule has 1 N–H and O–H groups in total. The van der Waals surface area contributed by atoms with Crippen LogP contribution >= 0.6 is 0 Å². The summed E-state index contributed by atoms with van der Waals surface area (Å²) in [6, 6.07) is 0. The number of rotatable bonds is 7. The highest BCUT2D eigenvalue weighted by atomic mass is 16.5. The van der Waals surface area contributed by atoms with Crippen LogP contribution in [-0.2, 0) is 9.53 Å². The molecule has 0 aromatic carbocycles. The van der Waals surface area contributed by atoms with E-state index >= 15 is 0 Å². The first-order valence-corrected chi connectivity index (χ1v) is 4.97. The van der Waals surface area contributed by atoms with Crippen molar-refractivity contribution in [1.82, 2.24) is 5.32 Å². The summed E-state index contributed by atoms with van der Waals surface area (Å²) in [7, 11) is 0. The van der Waals surface area contributed by atoms with E-state index < -0.39 is 0 Å². The van der Waals surface area contributed by atoms with Gasteiger partial charge in [-0.15, -0.1) is 0 Å². The molecule has 0 saturated carbocycles. The molecule has 3 nitrogen and oxygen atoms in total. The summed E-state index contributed by atoms with van der Waals surface area (Å²) in [5.74, 6) is 0.558. The maximum atomic E-state index is 10.4. The van der Waals surface area contributed by atoms with Gasteiger partial charge in [0.15, 0.2) is 0 Å². The maximum Gasteiger partial charge on any atom is 0.302 e. The first-order chi connectivity index (χ1) is 6.13. The van der Waals surface area contributed by atoms with Crippen molar-refractivity contribution in [3.05, 3.63) is 0 Å². The summed E-state index contributed by atoms with van der Waals surface area (Å²) in [6.07, 6.45) is 2.10. The molecule has 0 spiro atoms. The lowest BCUT2D eigenvalue weighted by Gasteiger charge is -2.06. The number of esters is 1. The molecule has 0 aromatic heterocycles. The summed E-state index contributed by atoms with van der Waals surface area (Å²) in [4.78, 5) is 10.4. The molecule has 0 saturated heterocycles. The molecule has 0 aliphatic carbocycles. The number of nitrogens with one attached hydrogen (secondary N) is 1. The molecule has 78 valence electrons. The van der Waals surface area contributed by atoms with Crippen molar-refractivity contribution >= 4 is 5.97 Å². The Labute approximate surface area is 80.8 Å². The third kappa shape index (κ3) is 11.4. The second kappa shape index (κ2) is 8.05. The van der Waals surface area contributed by atoms with Crippen LogP contribution in [0, 0.1) is 5.92 Å². The zero-order chi connectivity index (χ0) is 10.1. The third-order valence-corrected chi connectivity index (χ3v) is 1.70. The van der Waals surface area contributed by atoms with Gasteiger partial charge in [-0.3, -0.25) is 4.79 Å². The van der Waals surface area contributed by atoms with Gasteiger partial charge in [-0.2, -0.15) is 0 Å². The van der Waals surface area contributed by atoms with Gasteiger partial charge in [0.25, 0.3) is 0 Å². The molecule has 0 bridgehead atoms. The summed E-state index contributed by atoms with van der Waals surface area (Å²) < 4.78 is 4.79. The van der Waals surface area contributed by atoms with E-state index in [1.165, 1.54) is 13.3 Å². The fourth-order valence-electron chi connectivity index (χ4n) is 0.929. The summed E-state index contributed by atoms with van der Waals surface area (Å²) in [5, 5.41) is 3.30. The van der Waals surface area contributed by atoms with Gasteiger partial charge in [0.1, 0.15) is 0 Å². The quantitative estimate of drug-likeness (QED) is 0.485. The second-order valence-electron chi connectivity index (χ2n) is 3.63. The lowest BCUT2D eigenvalue weighted by Crippen LogP contribution is -2.19. The van der Waals surface area contributed by atoms with Crippen molar-refractivity contribution in [2.24, 2.45) is 5.92 Å². The second-order valence-corrected chi connectivity index (χ2v) is 3.63. The van der Waals surface area contributed by atoms with Crippen LogP contribution in [0.1, 0.15) is 33.6 Å². The Hall–Kier alpha value is -0.570. The minimum absolute atomic E-state index is 0.192. The minimum Gasteiger partial charge on any atom is -0.466 e. The van der Waals surface area contributed by atoms with Crippen LogP contribution in [0.25, 0.3) is 0 Å². The van der Waals surface area contributed by atoms with Crippen molar-refractivity contribution in [2.75, 3.05) is 19.7 Å². The van der Waals surface area contributed by atoms with E-state index in [0.717, 1.165) is 25.4 Å². The molecule has 0 amide bonds. The first-order valence-electron chi connectivity index (χ1n) is 4.97. The monoisotopic (exact) mass is 187 g/mol. The number of hydrogen-bond acceptors (Lipinski definition) is 3. The van der Waals surface area contributed by atoms with E-state index in [1.807, 2.05) is 0 Å². The van der Waals surface area contributed by atoms with Crippen molar-refractivity contribution in [2.45, 2.75) is 33.6 Å². The highest BCUT2D eigenvalue weighted by Crippen LogP contribution is 1.96. The number of hydrogen-bond donors (Lipinski definition) is 1. The van der Waals surface area contributed by atoms with Gasteiger partial charge < -0.3 is 10.1 Å². The Morgan fingerprint density at radius 1 is 1.38 bits per heavy atom. The Kier molecular flexibility index (Phi) is 7.69. The van der Waals surface area contributed by atoms with Crippen LogP contribution in [-0.4, -0.2) is 25.7 Å². The minimum atomic E-state index is -0.192. The third-order valence-electron chi connectivity index (χ3n) is 1.70. The van der Waals surface area contributed by atoms with Crippen LogP contribution < -0.4 is 5.32 Å². The molecule has 0 radical (unpaired) electrons. The Morgan fingerprint density at radius 3 is 2.62 bits per heavy atom. The largest absolute Gasteiger partial charge is 0.466 e. The SMILES string of the molecule is CC(=O)OCCCNCCC(C)C. The molecule has 13 heavy (non-hydrogen) atoms. The van der Waals surface area contributed by atoms with Crippen LogP contribution in [0.2, 0.25) is 0 Å². The zero-order valence-corrected chi connectivity index (χ0v) is 8.93. The summed E-state index contributed by atoms with van der Waals surface area (Å²) in [6.45, 7) is 8.37. The topological polar surface area (TPSA) is 38.3 Å². The van der Waals surface area contributed by atoms with Gasteiger partial charge in [-0.1, -0.05) is 13.8 Å². The highest BCUT2D eigenvalue weighted by Gasteiger charge is 1.94. The van der Waals surface area contributed by atoms with E-state index in [2.05, 4.69) is 19.2 Å². The zero-order valence-electron chi connectivity index (χ0n) is 8.93. The van der Waals surface area contributed by atoms with E-state index in [1.54, 1.807) is 0 Å². The molecule has 0 aliphatic rings. The van der Waals surface area contributed by atoms with Gasteiger partial charge >= 0.3 is 5.97 Å². The fourth-order valence-corrected chi connectivity index (χ4v) is 0.929. The van der Waals surface area contributed by atoms with E-state index in [-0.39, 0.29) is 5.97 Å². The summed E-state index contributed by atoms with van der Waals surface area (Å²) >= 11 is 0. The van der Waals surface area contributed by atoms with Crippen molar-refractivity contribution in [3.63, 3.8) is 0 Å². The Bertz CT molecular complexity index is 135. The van der Waals surface area contributed by atoms with Gasteiger partial charge in [0.05, 0.1) is 6.61 Å². The lowest BCUT2D eigenvalue weighted by molar-refractivity contribution is -0.141. The van der Waals surface area contributed by atoms with E-state index in [4.69, 9.17) is 4.74 Å². The number of carbonyl (C=O) groups is 1. The van der Waals surface area contributed by atoms with Crippen LogP contribution in [0.4, 0.5) is 0 Å². The van der Waals surface area contributed by atoms with Crippen molar-refractivity contribution in [3.8, 4) is 0 Å². The predicted octanol–water partition coefficient (Wildman–Crippen LogP) is 1.58. The average Bonchev–Trinajstić information content (AvgIpc) is 2.01. The smallest absolute Gasteiger partial charge is 0.302 e. The fraction of sp³-hybridized carbons (Fsp3) is 0.900. The van der Waals surface area contributed by atoms with Crippen molar-refractivity contribution in [1.29, 1.82) is 0 Å². The van der Waals surface area contributed by atoms with Crippen LogP contribution in [0.15, 0.2) is 0 Å². The van der Waals surface area contributed by atoms with Crippen LogP contribution in [0.5, 0.6) is 0 Å². The lowest BCUT2D eigenvalue weighted by atomic mass is 10.1. The molecular formula is C10H21NO2. The van der Waals surface area contributed by atoms with Gasteiger partial charge in [0.2, 0.25) is 0 Å². The van der Waals surface area contributed by atoms with Gasteiger partial charge in [-0.05, 0) is 31.8 Å². The maximum absolute atomic E-state index is 10.4. The Balaban J connectivity index is 2.96. The first kappa shape index (κ1) is 12.4. The van der Waals surface area contributed by atoms with Crippen molar-refractivity contribution < 1.29 is 9.53 Å². The Morgan fingerprint density at radius 2 is 2.08 bits per heavy atom. The summed E-state index contributed by atoms with van der Waals surface area (Å²) in [5.41, 5.74) is 0. The van der Waals surface area contributed by atoms with Gasteiger partial charge in [0, 0.05) is 6.92 Å². The molecule has 0 atom stereocenters. The molecular weight excluding hydrogens is 166 g/mol. The van der Waals surface area contributed by atoms with E-state index in [0.29, 0.717) is 6.61 Å². The van der Waals surface area contributed by atoms with Crippen LogP contribution in [0.3, 0.4) is 0 Å². The molecule has 0 aromatic rings. The molecule has 0 heterocycles. The predicted molar refractivity (Wildman–Crippen MR) is 53.6 cm³/mol. The standard InChI is InChI=1S/C10H21NO2/c1-9(2)5-7-11-6-4-8-13-10(3)12/h9,11H,4-8H2,1-3H3. The highest BCUT2D eigenvalue weighted by molar-refractivity contribution is 5.65. The molecule has 0 fully saturated rings. The normalized spacial score (nSPS) is 10.5. The average molecular weight is 187 g/mol. The molecule has 3 heteroatoms. The molecule has 0 unspecified atom stereocenters. The van der Waals surface area contributed by atoms with E-state index in [9.17, 15) is 4.79 Å². The molecule has 0 aliphatic heterocycles. The number of carbonyl (C=O) groups excluding carboxylic acids is 1. The van der Waals surface area contributed by atoms with Gasteiger partial charge in [-0.25, -0.2) is 0 Å².